The molecule has 0 amide bonds. The van der Waals surface area contributed by atoms with Gasteiger partial charge in [0.05, 0.1) is 17.6 Å². The van der Waals surface area contributed by atoms with Gasteiger partial charge in [-0.15, -0.1) is 0 Å². The van der Waals surface area contributed by atoms with Gasteiger partial charge in [0.1, 0.15) is 5.15 Å². The van der Waals surface area contributed by atoms with E-state index < -0.39 is 0 Å². The summed E-state index contributed by atoms with van der Waals surface area (Å²) in [4.78, 5) is 8.60. The molecular formula is C12H11ClN2. The second kappa shape index (κ2) is 4.41. The van der Waals surface area contributed by atoms with E-state index in [1.807, 2.05) is 37.3 Å². The van der Waals surface area contributed by atoms with Crippen molar-refractivity contribution in [2.24, 2.45) is 0 Å². The molecule has 76 valence electrons. The van der Waals surface area contributed by atoms with Gasteiger partial charge in [0.25, 0.3) is 0 Å². The van der Waals surface area contributed by atoms with Crippen LogP contribution in [0.25, 0.3) is 11.3 Å². The first kappa shape index (κ1) is 10.1. The van der Waals surface area contributed by atoms with Crippen molar-refractivity contribution in [2.75, 3.05) is 0 Å². The fourth-order valence-electron chi connectivity index (χ4n) is 1.49. The highest BCUT2D eigenvalue weighted by Gasteiger charge is 2.06. The average Bonchev–Trinajstić information content (AvgIpc) is 2.30. The Labute approximate surface area is 94.0 Å². The molecule has 1 heterocycles. The van der Waals surface area contributed by atoms with Crippen LogP contribution in [0.4, 0.5) is 0 Å². The maximum Gasteiger partial charge on any atom is 0.147 e. The molecule has 0 unspecified atom stereocenters. The number of hydrogen-bond acceptors (Lipinski definition) is 2. The summed E-state index contributed by atoms with van der Waals surface area (Å²) in [6, 6.07) is 10.0. The van der Waals surface area contributed by atoms with Crippen LogP contribution in [-0.4, -0.2) is 9.97 Å². The molecule has 0 aliphatic rings. The average molecular weight is 219 g/mol. The third-order valence-corrected chi connectivity index (χ3v) is 2.38. The van der Waals surface area contributed by atoms with Gasteiger partial charge in [-0.3, -0.25) is 4.98 Å². The molecule has 0 atom stereocenters. The molecule has 0 bridgehead atoms. The fourth-order valence-corrected chi connectivity index (χ4v) is 1.64. The first-order valence-electron chi connectivity index (χ1n) is 4.88. The lowest BCUT2D eigenvalue weighted by molar-refractivity contribution is 1.01. The fraction of sp³-hybridized carbons (Fsp3) is 0.167. The summed E-state index contributed by atoms with van der Waals surface area (Å²) in [6.45, 7) is 2.05. The molecule has 3 heteroatoms. The van der Waals surface area contributed by atoms with Gasteiger partial charge in [0.2, 0.25) is 0 Å². The number of nitrogens with zero attached hydrogens (tertiary/aromatic N) is 2. The van der Waals surface area contributed by atoms with Crippen LogP contribution in [0, 0.1) is 0 Å². The lowest BCUT2D eigenvalue weighted by Crippen LogP contribution is -1.95. The monoisotopic (exact) mass is 218 g/mol. The maximum absolute atomic E-state index is 5.81. The van der Waals surface area contributed by atoms with Gasteiger partial charge in [-0.25, -0.2) is 4.98 Å². The molecule has 0 fully saturated rings. The summed E-state index contributed by atoms with van der Waals surface area (Å²) in [5, 5.41) is 0.450. The van der Waals surface area contributed by atoms with E-state index in [1.165, 1.54) is 0 Å². The third kappa shape index (κ3) is 2.16. The van der Waals surface area contributed by atoms with Gasteiger partial charge in [-0.1, -0.05) is 48.9 Å². The topological polar surface area (TPSA) is 25.8 Å². The zero-order valence-corrected chi connectivity index (χ0v) is 9.20. The Morgan fingerprint density at radius 1 is 1.20 bits per heavy atom. The highest BCUT2D eigenvalue weighted by atomic mass is 35.5. The van der Waals surface area contributed by atoms with Crippen LogP contribution in [0.2, 0.25) is 5.15 Å². The van der Waals surface area contributed by atoms with Crippen molar-refractivity contribution >= 4 is 11.6 Å². The minimum atomic E-state index is 0.450. The summed E-state index contributed by atoms with van der Waals surface area (Å²) < 4.78 is 0. The number of hydrogen-bond donors (Lipinski definition) is 0. The van der Waals surface area contributed by atoms with Crippen molar-refractivity contribution in [3.05, 3.63) is 47.4 Å². The minimum Gasteiger partial charge on any atom is -0.251 e. The Hall–Kier alpha value is -1.41. The molecule has 1 aromatic heterocycles. The van der Waals surface area contributed by atoms with E-state index in [9.17, 15) is 0 Å². The van der Waals surface area contributed by atoms with E-state index in [2.05, 4.69) is 9.97 Å². The maximum atomic E-state index is 5.81. The number of aryl methyl sites for hydroxylation is 1. The Kier molecular flexibility index (Phi) is 2.97. The molecule has 0 N–H and O–H groups in total. The number of halogens is 1. The molecule has 2 aromatic rings. The SMILES string of the molecule is CCc1nc(Cl)cnc1-c1ccccc1. The van der Waals surface area contributed by atoms with Gasteiger partial charge in [-0.05, 0) is 6.42 Å². The van der Waals surface area contributed by atoms with Crippen molar-refractivity contribution in [2.45, 2.75) is 13.3 Å². The number of benzene rings is 1. The zero-order chi connectivity index (χ0) is 10.7. The summed E-state index contributed by atoms with van der Waals surface area (Å²) in [5.41, 5.74) is 2.94. The van der Waals surface area contributed by atoms with Gasteiger partial charge in [0.15, 0.2) is 0 Å². The van der Waals surface area contributed by atoms with Crippen molar-refractivity contribution in [1.82, 2.24) is 9.97 Å². The van der Waals surface area contributed by atoms with Gasteiger partial charge in [-0.2, -0.15) is 0 Å². The van der Waals surface area contributed by atoms with Crippen LogP contribution in [0.5, 0.6) is 0 Å². The molecule has 2 nitrogen and oxygen atoms in total. The Morgan fingerprint density at radius 3 is 2.60 bits per heavy atom. The molecule has 0 saturated heterocycles. The standard InChI is InChI=1S/C12H11ClN2/c1-2-10-12(14-8-11(13)15-10)9-6-4-3-5-7-9/h3-8H,2H2,1H3. The lowest BCUT2D eigenvalue weighted by Gasteiger charge is -2.05. The summed E-state index contributed by atoms with van der Waals surface area (Å²) in [6.07, 6.45) is 2.42. The first-order valence-corrected chi connectivity index (χ1v) is 5.26. The molecule has 0 radical (unpaired) electrons. The Morgan fingerprint density at radius 2 is 1.93 bits per heavy atom. The molecular weight excluding hydrogens is 208 g/mol. The summed E-state index contributed by atoms with van der Waals surface area (Å²) in [7, 11) is 0. The van der Waals surface area contributed by atoms with E-state index in [-0.39, 0.29) is 0 Å². The van der Waals surface area contributed by atoms with Crippen LogP contribution in [0.3, 0.4) is 0 Å². The van der Waals surface area contributed by atoms with Crippen LogP contribution in [-0.2, 0) is 6.42 Å². The molecule has 0 aliphatic heterocycles. The second-order valence-electron chi connectivity index (χ2n) is 3.21. The van der Waals surface area contributed by atoms with E-state index in [1.54, 1.807) is 6.20 Å². The lowest BCUT2D eigenvalue weighted by atomic mass is 10.1. The Bertz CT molecular complexity index is 454. The van der Waals surface area contributed by atoms with E-state index in [0.717, 1.165) is 23.4 Å². The second-order valence-corrected chi connectivity index (χ2v) is 3.59. The van der Waals surface area contributed by atoms with E-state index in [4.69, 9.17) is 11.6 Å². The largest absolute Gasteiger partial charge is 0.251 e. The summed E-state index contributed by atoms with van der Waals surface area (Å²) in [5.74, 6) is 0. The summed E-state index contributed by atoms with van der Waals surface area (Å²) >= 11 is 5.81. The van der Waals surface area contributed by atoms with Crippen molar-refractivity contribution in [3.63, 3.8) is 0 Å². The minimum absolute atomic E-state index is 0.450. The first-order chi connectivity index (χ1) is 7.31. The van der Waals surface area contributed by atoms with Crippen molar-refractivity contribution in [3.8, 4) is 11.3 Å². The van der Waals surface area contributed by atoms with Gasteiger partial charge < -0.3 is 0 Å². The molecule has 15 heavy (non-hydrogen) atoms. The number of rotatable bonds is 2. The number of aromatic nitrogens is 2. The molecule has 0 spiro atoms. The van der Waals surface area contributed by atoms with Gasteiger partial charge >= 0.3 is 0 Å². The Balaban J connectivity index is 2.53. The predicted octanol–water partition coefficient (Wildman–Crippen LogP) is 3.36. The molecule has 2 rings (SSSR count). The van der Waals surface area contributed by atoms with Crippen LogP contribution < -0.4 is 0 Å². The third-order valence-electron chi connectivity index (χ3n) is 2.20. The van der Waals surface area contributed by atoms with E-state index in [0.29, 0.717) is 5.15 Å². The highest BCUT2D eigenvalue weighted by molar-refractivity contribution is 6.29. The zero-order valence-electron chi connectivity index (χ0n) is 8.44. The molecule has 1 aromatic carbocycles. The van der Waals surface area contributed by atoms with Crippen molar-refractivity contribution in [1.29, 1.82) is 0 Å². The molecule has 0 saturated carbocycles. The van der Waals surface area contributed by atoms with Crippen LogP contribution in [0.15, 0.2) is 36.5 Å². The van der Waals surface area contributed by atoms with Gasteiger partial charge in [0, 0.05) is 5.56 Å². The normalized spacial score (nSPS) is 10.3. The predicted molar refractivity (Wildman–Crippen MR) is 61.9 cm³/mol. The highest BCUT2D eigenvalue weighted by Crippen LogP contribution is 2.21. The van der Waals surface area contributed by atoms with Crippen LogP contribution >= 0.6 is 11.6 Å². The molecule has 0 aliphatic carbocycles. The van der Waals surface area contributed by atoms with E-state index >= 15 is 0 Å². The van der Waals surface area contributed by atoms with Crippen LogP contribution in [0.1, 0.15) is 12.6 Å². The quantitative estimate of drug-likeness (QED) is 0.773. The smallest absolute Gasteiger partial charge is 0.147 e. The van der Waals surface area contributed by atoms with Crippen molar-refractivity contribution < 1.29 is 0 Å².